The highest BCUT2D eigenvalue weighted by Gasteiger charge is 2.16. The number of aliphatic imine (C=N–C) groups is 1. The zero-order chi connectivity index (χ0) is 23.7. The average molecular weight is 481 g/mol. The van der Waals surface area contributed by atoms with Gasteiger partial charge < -0.3 is 14.8 Å². The number of hydrogen-bond donors (Lipinski definition) is 3. The number of hydrogen-bond acceptors (Lipinski definition) is 7. The Morgan fingerprint density at radius 3 is 2.22 bits per heavy atom. The number of methoxy groups -OCH3 is 2. The number of ether oxygens (including phenoxy) is 2. The van der Waals surface area contributed by atoms with Gasteiger partial charge in [0.1, 0.15) is 0 Å². The summed E-state index contributed by atoms with van der Waals surface area (Å²) in [4.78, 5) is 40.1. The predicted molar refractivity (Wildman–Crippen MR) is 120 cm³/mol. The Morgan fingerprint density at radius 2 is 1.66 bits per heavy atom. The van der Waals surface area contributed by atoms with E-state index in [4.69, 9.17) is 11.6 Å². The third-order valence-corrected chi connectivity index (χ3v) is 5.74. The van der Waals surface area contributed by atoms with Gasteiger partial charge in [-0.1, -0.05) is 30.7 Å². The van der Waals surface area contributed by atoms with E-state index in [-0.39, 0.29) is 29.7 Å². The minimum absolute atomic E-state index is 0.104. The average Bonchev–Trinajstić information content (AvgIpc) is 2.79. The van der Waals surface area contributed by atoms with Crippen molar-refractivity contribution in [2.75, 3.05) is 19.5 Å². The number of guanidine groups is 1. The van der Waals surface area contributed by atoms with Crippen LogP contribution in [0.15, 0.2) is 57.2 Å². The van der Waals surface area contributed by atoms with Crippen LogP contribution in [0, 0.1) is 0 Å². The highest BCUT2D eigenvalue weighted by Crippen LogP contribution is 2.31. The van der Waals surface area contributed by atoms with Gasteiger partial charge in [-0.2, -0.15) is 0 Å². The largest absolute Gasteiger partial charge is 0.453 e. The van der Waals surface area contributed by atoms with Gasteiger partial charge in [-0.3, -0.25) is 15.4 Å². The summed E-state index contributed by atoms with van der Waals surface area (Å²) in [7, 11) is 0.592. The fourth-order valence-corrected chi connectivity index (χ4v) is 3.75. The van der Waals surface area contributed by atoms with Gasteiger partial charge in [-0.15, -0.1) is 0 Å². The van der Waals surface area contributed by atoms with Crippen molar-refractivity contribution in [3.63, 3.8) is 0 Å². The molecule has 0 aliphatic rings. The van der Waals surface area contributed by atoms with Crippen LogP contribution in [0.3, 0.4) is 0 Å². The molecule has 170 valence electrons. The van der Waals surface area contributed by atoms with E-state index in [1.807, 2.05) is 0 Å². The molecule has 2 aromatic rings. The van der Waals surface area contributed by atoms with E-state index in [9.17, 15) is 18.6 Å². The maximum Gasteiger partial charge on any atom is 0.413 e. The first kappa shape index (κ1) is 24.8. The van der Waals surface area contributed by atoms with Gasteiger partial charge in [0, 0.05) is 11.3 Å². The zero-order valence-electron chi connectivity index (χ0n) is 17.4. The molecule has 0 saturated heterocycles. The Kier molecular flexibility index (Phi) is 9.17. The molecule has 0 bridgehead atoms. The maximum atomic E-state index is 13.1. The molecular formula is C20H21ClN4O6S. The molecule has 10 nitrogen and oxygen atoms in total. The summed E-state index contributed by atoms with van der Waals surface area (Å²) in [6.45, 7) is 1.67. The van der Waals surface area contributed by atoms with Crippen molar-refractivity contribution >= 4 is 57.8 Å². The number of alkyl carbamates (subject to hydrolysis) is 2. The fourth-order valence-electron chi connectivity index (χ4n) is 2.29. The van der Waals surface area contributed by atoms with E-state index in [1.165, 1.54) is 12.1 Å². The lowest BCUT2D eigenvalue weighted by atomic mass is 10.2. The molecule has 0 aliphatic carbocycles. The third kappa shape index (κ3) is 6.79. The van der Waals surface area contributed by atoms with E-state index < -0.39 is 23.0 Å². The molecule has 2 aromatic carbocycles. The van der Waals surface area contributed by atoms with Crippen molar-refractivity contribution in [3.8, 4) is 0 Å². The fraction of sp³-hybridized carbons (Fsp3) is 0.200. The second-order valence-electron chi connectivity index (χ2n) is 5.97. The summed E-state index contributed by atoms with van der Waals surface area (Å²) in [6, 6.07) is 11.1. The highest BCUT2D eigenvalue weighted by molar-refractivity contribution is 7.85. The number of rotatable bonds is 5. The van der Waals surface area contributed by atoms with Crippen LogP contribution in [0.25, 0.3) is 0 Å². The van der Waals surface area contributed by atoms with Gasteiger partial charge >= 0.3 is 12.2 Å². The van der Waals surface area contributed by atoms with Crippen LogP contribution in [0.4, 0.5) is 21.0 Å². The van der Waals surface area contributed by atoms with Crippen LogP contribution in [0.1, 0.15) is 13.3 Å². The normalized spacial score (nSPS) is 11.0. The molecule has 12 heteroatoms. The molecule has 2 rings (SSSR count). The predicted octanol–water partition coefficient (Wildman–Crippen LogP) is 3.55. The number of benzene rings is 2. The van der Waals surface area contributed by atoms with E-state index in [1.54, 1.807) is 37.3 Å². The molecule has 3 amide bonds. The number of carbonyl (C=O) groups is 3. The summed E-state index contributed by atoms with van der Waals surface area (Å²) < 4.78 is 22.1. The molecule has 0 spiro atoms. The Morgan fingerprint density at radius 1 is 1.03 bits per heavy atom. The first-order valence-corrected chi connectivity index (χ1v) is 10.7. The van der Waals surface area contributed by atoms with Crippen molar-refractivity contribution in [2.24, 2.45) is 4.99 Å². The van der Waals surface area contributed by atoms with E-state index in [0.717, 1.165) is 14.2 Å². The minimum atomic E-state index is -1.67. The second-order valence-corrected chi connectivity index (χ2v) is 7.83. The Labute approximate surface area is 191 Å². The lowest BCUT2D eigenvalue weighted by molar-refractivity contribution is -0.115. The molecule has 0 saturated carbocycles. The number of carbonyl (C=O) groups excluding carboxylic acids is 3. The highest BCUT2D eigenvalue weighted by atomic mass is 35.5. The van der Waals surface area contributed by atoms with Crippen molar-refractivity contribution in [3.05, 3.63) is 47.5 Å². The van der Waals surface area contributed by atoms with Gasteiger partial charge in [-0.05, 0) is 30.3 Å². The summed E-state index contributed by atoms with van der Waals surface area (Å²) in [6.07, 6.45) is -1.62. The number of nitrogens with one attached hydrogen (secondary N) is 3. The molecule has 32 heavy (non-hydrogen) atoms. The monoisotopic (exact) mass is 480 g/mol. The lowest BCUT2D eigenvalue weighted by Gasteiger charge is -2.13. The van der Waals surface area contributed by atoms with Crippen molar-refractivity contribution in [1.82, 2.24) is 10.6 Å². The van der Waals surface area contributed by atoms with Crippen LogP contribution in [-0.4, -0.2) is 42.5 Å². The molecule has 0 aliphatic heterocycles. The third-order valence-electron chi connectivity index (χ3n) is 3.86. The van der Waals surface area contributed by atoms with Gasteiger partial charge in [0.2, 0.25) is 11.9 Å². The topological polar surface area (TPSA) is 135 Å². The number of amides is 3. The SMILES string of the molecule is CCC(=O)Nc1ccc(S(=O)c2ccccc2Cl)cc1N=C(NC(=O)OC)NC(=O)OC. The van der Waals surface area contributed by atoms with E-state index in [0.29, 0.717) is 14.8 Å². The van der Waals surface area contributed by atoms with Crippen LogP contribution in [0.2, 0.25) is 5.02 Å². The molecule has 1 unspecified atom stereocenters. The van der Waals surface area contributed by atoms with Gasteiger partial charge in [0.25, 0.3) is 0 Å². The molecule has 0 heterocycles. The van der Waals surface area contributed by atoms with Gasteiger partial charge in [-0.25, -0.2) is 18.8 Å². The van der Waals surface area contributed by atoms with Crippen molar-refractivity contribution < 1.29 is 28.1 Å². The van der Waals surface area contributed by atoms with Gasteiger partial charge in [0.15, 0.2) is 0 Å². The smallest absolute Gasteiger partial charge is 0.413 e. The van der Waals surface area contributed by atoms with E-state index in [2.05, 4.69) is 30.4 Å². The van der Waals surface area contributed by atoms with Crippen molar-refractivity contribution in [2.45, 2.75) is 23.1 Å². The summed E-state index contributed by atoms with van der Waals surface area (Å²) in [5, 5.41) is 7.44. The molecule has 3 N–H and O–H groups in total. The summed E-state index contributed by atoms with van der Waals surface area (Å²) >= 11 is 6.16. The van der Waals surface area contributed by atoms with Crippen LogP contribution >= 0.6 is 11.6 Å². The summed E-state index contributed by atoms with van der Waals surface area (Å²) in [5.41, 5.74) is 0.361. The number of halogens is 1. The molecule has 0 radical (unpaired) electrons. The first-order valence-electron chi connectivity index (χ1n) is 9.17. The Hall–Kier alpha value is -3.44. The molecule has 1 atom stereocenters. The Bertz CT molecular complexity index is 1060. The minimum Gasteiger partial charge on any atom is -0.453 e. The quantitative estimate of drug-likeness (QED) is 0.442. The van der Waals surface area contributed by atoms with Crippen LogP contribution in [0.5, 0.6) is 0 Å². The zero-order valence-corrected chi connectivity index (χ0v) is 19.0. The molecule has 0 aromatic heterocycles. The molecular weight excluding hydrogens is 460 g/mol. The number of nitrogens with zero attached hydrogens (tertiary/aromatic N) is 1. The second kappa shape index (κ2) is 11.8. The molecule has 0 fully saturated rings. The van der Waals surface area contributed by atoms with Crippen LogP contribution in [-0.2, 0) is 25.1 Å². The van der Waals surface area contributed by atoms with E-state index >= 15 is 0 Å². The van der Waals surface area contributed by atoms with Gasteiger partial charge in [0.05, 0.1) is 46.3 Å². The lowest BCUT2D eigenvalue weighted by Crippen LogP contribution is -2.43. The Balaban J connectivity index is 2.56. The van der Waals surface area contributed by atoms with Crippen molar-refractivity contribution in [1.29, 1.82) is 0 Å². The van der Waals surface area contributed by atoms with Crippen LogP contribution < -0.4 is 16.0 Å². The summed E-state index contributed by atoms with van der Waals surface area (Å²) in [5.74, 6) is -0.638. The first-order chi connectivity index (χ1) is 15.3. The maximum absolute atomic E-state index is 13.1. The standard InChI is InChI=1S/C20H21ClN4O6S/c1-4-17(26)22-14-10-9-12(32(29)16-8-6-5-7-13(16)21)11-15(14)23-18(24-19(27)30-2)25-20(28)31-3/h5-11H,4H2,1-3H3,(H,22,26)(H2,23,24,25,27,28). The number of anilines is 1.